The fourth-order valence-electron chi connectivity index (χ4n) is 5.46. The van der Waals surface area contributed by atoms with Gasteiger partial charge in [0.05, 0.1) is 14.2 Å². The largest absolute Gasteiger partial charge is 0.496 e. The van der Waals surface area contributed by atoms with Gasteiger partial charge in [0.15, 0.2) is 0 Å². The van der Waals surface area contributed by atoms with Crippen molar-refractivity contribution in [1.29, 1.82) is 0 Å². The molecule has 2 aromatic rings. The van der Waals surface area contributed by atoms with Crippen LogP contribution in [0.4, 0.5) is 0 Å². The van der Waals surface area contributed by atoms with Crippen molar-refractivity contribution in [3.8, 4) is 22.6 Å². The van der Waals surface area contributed by atoms with Crippen LogP contribution in [0.3, 0.4) is 0 Å². The van der Waals surface area contributed by atoms with Crippen LogP contribution < -0.4 is 14.8 Å². The molecule has 0 radical (unpaired) electrons. The maximum absolute atomic E-state index is 7.06. The Bertz CT molecular complexity index is 823. The highest BCUT2D eigenvalue weighted by Crippen LogP contribution is 2.58. The molecule has 4 rings (SSSR count). The Morgan fingerprint density at radius 3 is 1.87 bits per heavy atom. The van der Waals surface area contributed by atoms with E-state index in [0.29, 0.717) is 0 Å². The summed E-state index contributed by atoms with van der Waals surface area (Å²) < 4.78 is 11.7. The van der Waals surface area contributed by atoms with E-state index >= 15 is 0 Å². The molecule has 2 aliphatic carbocycles. The van der Waals surface area contributed by atoms with Crippen molar-refractivity contribution in [1.82, 2.24) is 0 Å². The van der Waals surface area contributed by atoms with Crippen LogP contribution in [0.1, 0.15) is 64.2 Å². The first-order valence-electron chi connectivity index (χ1n) is 11.5. The van der Waals surface area contributed by atoms with Gasteiger partial charge < -0.3 is 9.47 Å². The fraction of sp³-hybridized carbons (Fsp3) is 0.538. The van der Waals surface area contributed by atoms with E-state index in [1.807, 2.05) is 18.2 Å². The molecule has 0 unspecified atom stereocenters. The van der Waals surface area contributed by atoms with Gasteiger partial charge in [-0.3, -0.25) is 0 Å². The van der Waals surface area contributed by atoms with Gasteiger partial charge in [0.25, 0.3) is 0 Å². The van der Waals surface area contributed by atoms with Gasteiger partial charge in [-0.15, -0.1) is 0 Å². The summed E-state index contributed by atoms with van der Waals surface area (Å²) in [4.78, 5) is 0. The van der Waals surface area contributed by atoms with Crippen LogP contribution in [0.2, 0.25) is 5.02 Å². The lowest BCUT2D eigenvalue weighted by molar-refractivity contribution is 0.410. The summed E-state index contributed by atoms with van der Waals surface area (Å²) in [5.41, 5.74) is 3.82. The lowest BCUT2D eigenvalue weighted by Crippen LogP contribution is -2.28. The summed E-state index contributed by atoms with van der Waals surface area (Å²) in [6.07, 6.45) is 13.6. The molecule has 0 bridgehead atoms. The number of rotatable bonds is 6. The van der Waals surface area contributed by atoms with Gasteiger partial charge in [0, 0.05) is 21.5 Å². The molecule has 0 heterocycles. The maximum Gasteiger partial charge on any atom is 0.127 e. The van der Waals surface area contributed by atoms with E-state index in [2.05, 4.69) is 18.2 Å². The number of benzene rings is 2. The lowest BCUT2D eigenvalue weighted by atomic mass is 9.99. The van der Waals surface area contributed by atoms with Crippen molar-refractivity contribution in [3.05, 3.63) is 41.4 Å². The summed E-state index contributed by atoms with van der Waals surface area (Å²) in [5.74, 6) is 1.81. The van der Waals surface area contributed by atoms with E-state index in [1.165, 1.54) is 75.1 Å². The van der Waals surface area contributed by atoms with E-state index in [9.17, 15) is 0 Å². The molecule has 30 heavy (non-hydrogen) atoms. The zero-order valence-corrected chi connectivity index (χ0v) is 20.0. The molecule has 0 atom stereocenters. The van der Waals surface area contributed by atoms with Crippen molar-refractivity contribution in [2.24, 2.45) is 0 Å². The molecule has 4 heteroatoms. The van der Waals surface area contributed by atoms with Crippen LogP contribution in [0, 0.1) is 0 Å². The van der Waals surface area contributed by atoms with Crippen molar-refractivity contribution in [2.75, 3.05) is 14.2 Å². The van der Waals surface area contributed by atoms with Gasteiger partial charge in [0.2, 0.25) is 0 Å². The smallest absolute Gasteiger partial charge is 0.127 e. The van der Waals surface area contributed by atoms with Gasteiger partial charge in [-0.2, -0.15) is 0 Å². The molecule has 2 aliphatic rings. The van der Waals surface area contributed by atoms with E-state index in [-0.39, 0.29) is 7.92 Å². The highest BCUT2D eigenvalue weighted by molar-refractivity contribution is 7.67. The molecule has 162 valence electrons. The zero-order chi connectivity index (χ0) is 20.9. The first-order chi connectivity index (χ1) is 14.7. The first-order valence-corrected chi connectivity index (χ1v) is 13.4. The number of hydrogen-bond donors (Lipinski definition) is 0. The molecule has 0 spiro atoms. The predicted octanol–water partition coefficient (Wildman–Crippen LogP) is 7.80. The highest BCUT2D eigenvalue weighted by Gasteiger charge is 2.36. The Labute approximate surface area is 188 Å². The number of ether oxygens (including phenoxy) is 2. The minimum Gasteiger partial charge on any atom is -0.496 e. The Morgan fingerprint density at radius 1 is 0.733 bits per heavy atom. The summed E-state index contributed by atoms with van der Waals surface area (Å²) in [7, 11) is 3.16. The molecule has 2 fully saturated rings. The van der Waals surface area contributed by atoms with Crippen LogP contribution in [0.15, 0.2) is 36.4 Å². The molecule has 2 aromatic carbocycles. The van der Waals surface area contributed by atoms with Crippen LogP contribution in [-0.4, -0.2) is 25.5 Å². The lowest BCUT2D eigenvalue weighted by Gasteiger charge is -2.40. The van der Waals surface area contributed by atoms with Crippen molar-refractivity contribution < 1.29 is 9.47 Å². The number of methoxy groups -OCH3 is 2. The molecule has 0 aromatic heterocycles. The predicted molar refractivity (Wildman–Crippen MR) is 130 cm³/mol. The molecule has 0 amide bonds. The average Bonchev–Trinajstić information content (AvgIpc) is 2.81. The maximum atomic E-state index is 7.06. The average molecular weight is 445 g/mol. The van der Waals surface area contributed by atoms with Gasteiger partial charge in [-0.25, -0.2) is 0 Å². The van der Waals surface area contributed by atoms with Gasteiger partial charge in [0.1, 0.15) is 11.5 Å². The van der Waals surface area contributed by atoms with Crippen LogP contribution in [0.25, 0.3) is 11.1 Å². The van der Waals surface area contributed by atoms with Crippen molar-refractivity contribution in [2.45, 2.75) is 75.5 Å². The SMILES string of the molecule is COc1ccccc1-c1c(OC)ccc(Cl)c1P(C1CCCCC1)C1CCCCC1. The van der Waals surface area contributed by atoms with E-state index in [4.69, 9.17) is 21.1 Å². The first kappa shape index (κ1) is 22.0. The molecule has 0 aliphatic heterocycles. The standard InChI is InChI=1S/C26H34ClO2P/c1-28-23-16-10-9-15-21(23)25-24(29-2)18-17-22(27)26(25)30(19-11-5-3-6-12-19)20-13-7-4-8-14-20/h9-10,15-20H,3-8,11-14H2,1-2H3. The van der Waals surface area contributed by atoms with Crippen molar-refractivity contribution >= 4 is 24.8 Å². The Balaban J connectivity index is 1.91. The van der Waals surface area contributed by atoms with Crippen molar-refractivity contribution in [3.63, 3.8) is 0 Å². The van der Waals surface area contributed by atoms with Gasteiger partial charge in [-0.05, 0) is 55.2 Å². The van der Waals surface area contributed by atoms with Gasteiger partial charge >= 0.3 is 0 Å². The Kier molecular flexibility index (Phi) is 7.60. The van der Waals surface area contributed by atoms with E-state index < -0.39 is 0 Å². The Morgan fingerprint density at radius 2 is 1.30 bits per heavy atom. The topological polar surface area (TPSA) is 18.5 Å². The van der Waals surface area contributed by atoms with E-state index in [0.717, 1.165) is 33.4 Å². The summed E-state index contributed by atoms with van der Waals surface area (Å²) >= 11 is 7.06. The molecule has 2 saturated carbocycles. The molecular formula is C26H34ClO2P. The van der Waals surface area contributed by atoms with E-state index in [1.54, 1.807) is 14.2 Å². The third kappa shape index (κ3) is 4.51. The Hall–Kier alpha value is -1.24. The third-order valence-electron chi connectivity index (χ3n) is 6.88. The summed E-state index contributed by atoms with van der Waals surface area (Å²) in [6, 6.07) is 12.4. The monoisotopic (exact) mass is 444 g/mol. The number of hydrogen-bond acceptors (Lipinski definition) is 2. The minimum absolute atomic E-state index is 0.364. The van der Waals surface area contributed by atoms with Crippen LogP contribution in [0.5, 0.6) is 11.5 Å². The van der Waals surface area contributed by atoms with Crippen LogP contribution >= 0.6 is 19.5 Å². The van der Waals surface area contributed by atoms with Gasteiger partial charge in [-0.1, -0.05) is 76.2 Å². The molecular weight excluding hydrogens is 411 g/mol. The second kappa shape index (κ2) is 10.4. The van der Waals surface area contributed by atoms with Crippen LogP contribution in [-0.2, 0) is 0 Å². The minimum atomic E-state index is -0.364. The summed E-state index contributed by atoms with van der Waals surface area (Å²) in [6.45, 7) is 0. The second-order valence-electron chi connectivity index (χ2n) is 8.66. The molecule has 0 N–H and O–H groups in total. The quantitative estimate of drug-likeness (QED) is 0.423. The fourth-order valence-corrected chi connectivity index (χ4v) is 9.89. The normalized spacial score (nSPS) is 18.5. The molecule has 2 nitrogen and oxygen atoms in total. The third-order valence-corrected chi connectivity index (χ3v) is 10.9. The molecule has 0 saturated heterocycles. The number of halogens is 1. The highest BCUT2D eigenvalue weighted by atomic mass is 35.5. The second-order valence-corrected chi connectivity index (χ2v) is 11.8. The number of para-hydroxylation sites is 1. The summed E-state index contributed by atoms with van der Waals surface area (Å²) in [5, 5.41) is 2.29. The zero-order valence-electron chi connectivity index (χ0n) is 18.3.